The standard InChI is InChI=1S/C12H15N3O2S/c1-2-8-13-12(18)15-14-11(17)10(16)9-6-4-3-5-7-9/h2-7,10,16H,1,8H2,(H,14,17)(H2,13,15,18)/t10-/m1/s1. The number of carbonyl (C=O) groups excluding carboxylic acids is 1. The number of rotatable bonds is 4. The van der Waals surface area contributed by atoms with Crippen molar-refractivity contribution in [3.05, 3.63) is 48.6 Å². The van der Waals surface area contributed by atoms with Crippen molar-refractivity contribution in [3.63, 3.8) is 0 Å². The quantitative estimate of drug-likeness (QED) is 0.360. The van der Waals surface area contributed by atoms with Gasteiger partial charge in [-0.1, -0.05) is 36.4 Å². The molecule has 0 spiro atoms. The summed E-state index contributed by atoms with van der Waals surface area (Å²) in [5.74, 6) is -0.580. The van der Waals surface area contributed by atoms with Crippen LogP contribution in [-0.4, -0.2) is 22.7 Å². The van der Waals surface area contributed by atoms with E-state index < -0.39 is 12.0 Å². The second kappa shape index (κ2) is 7.41. The molecule has 96 valence electrons. The molecule has 0 saturated carbocycles. The molecule has 6 heteroatoms. The Morgan fingerprint density at radius 3 is 2.67 bits per heavy atom. The average molecular weight is 265 g/mol. The lowest BCUT2D eigenvalue weighted by Gasteiger charge is -2.14. The molecule has 0 heterocycles. The van der Waals surface area contributed by atoms with Crippen LogP contribution in [-0.2, 0) is 4.79 Å². The summed E-state index contributed by atoms with van der Waals surface area (Å²) in [7, 11) is 0. The number of aliphatic hydroxyl groups excluding tert-OH is 1. The summed E-state index contributed by atoms with van der Waals surface area (Å²) in [4.78, 5) is 11.6. The third kappa shape index (κ3) is 4.52. The minimum Gasteiger partial charge on any atom is -0.378 e. The molecular weight excluding hydrogens is 250 g/mol. The second-order valence-electron chi connectivity index (χ2n) is 3.43. The Morgan fingerprint density at radius 2 is 2.06 bits per heavy atom. The average Bonchev–Trinajstić information content (AvgIpc) is 2.42. The highest BCUT2D eigenvalue weighted by Crippen LogP contribution is 2.11. The van der Waals surface area contributed by atoms with Gasteiger partial charge in [0.05, 0.1) is 0 Å². The first-order chi connectivity index (χ1) is 8.65. The van der Waals surface area contributed by atoms with E-state index in [0.717, 1.165) is 0 Å². The summed E-state index contributed by atoms with van der Waals surface area (Å²) in [6, 6.07) is 8.63. The van der Waals surface area contributed by atoms with Gasteiger partial charge in [0.2, 0.25) is 0 Å². The highest BCUT2D eigenvalue weighted by Gasteiger charge is 2.16. The summed E-state index contributed by atoms with van der Waals surface area (Å²) in [6.45, 7) is 4.01. The number of thiocarbonyl (C=S) groups is 1. The van der Waals surface area contributed by atoms with E-state index in [0.29, 0.717) is 12.1 Å². The summed E-state index contributed by atoms with van der Waals surface area (Å²) in [5, 5.41) is 12.8. The van der Waals surface area contributed by atoms with E-state index in [-0.39, 0.29) is 5.11 Å². The van der Waals surface area contributed by atoms with Crippen LogP contribution >= 0.6 is 12.2 Å². The molecule has 1 aromatic carbocycles. The topological polar surface area (TPSA) is 73.4 Å². The molecule has 0 aliphatic heterocycles. The molecule has 0 saturated heterocycles. The lowest BCUT2D eigenvalue weighted by atomic mass is 10.1. The molecule has 0 aliphatic carbocycles. The predicted octanol–water partition coefficient (Wildman–Crippen LogP) is 0.401. The van der Waals surface area contributed by atoms with Crippen LogP contribution in [0.4, 0.5) is 0 Å². The van der Waals surface area contributed by atoms with E-state index in [1.54, 1.807) is 36.4 Å². The van der Waals surface area contributed by atoms with Crippen molar-refractivity contribution in [2.75, 3.05) is 6.54 Å². The third-order valence-electron chi connectivity index (χ3n) is 2.07. The monoisotopic (exact) mass is 265 g/mol. The van der Waals surface area contributed by atoms with Crippen LogP contribution in [0.15, 0.2) is 43.0 Å². The molecule has 1 amide bonds. The van der Waals surface area contributed by atoms with Crippen LogP contribution < -0.4 is 16.2 Å². The highest BCUT2D eigenvalue weighted by atomic mass is 32.1. The maximum Gasteiger partial charge on any atom is 0.271 e. The lowest BCUT2D eigenvalue weighted by Crippen LogP contribution is -2.48. The Bertz CT molecular complexity index is 423. The van der Waals surface area contributed by atoms with Crippen LogP contribution in [0.1, 0.15) is 11.7 Å². The van der Waals surface area contributed by atoms with Crippen LogP contribution in [0.25, 0.3) is 0 Å². The van der Waals surface area contributed by atoms with Gasteiger partial charge in [-0.25, -0.2) is 0 Å². The molecule has 5 nitrogen and oxygen atoms in total. The van der Waals surface area contributed by atoms with E-state index >= 15 is 0 Å². The maximum absolute atomic E-state index is 11.6. The second-order valence-corrected chi connectivity index (χ2v) is 3.83. The third-order valence-corrected chi connectivity index (χ3v) is 2.32. The largest absolute Gasteiger partial charge is 0.378 e. The zero-order valence-corrected chi connectivity index (χ0v) is 10.5. The van der Waals surface area contributed by atoms with Crippen LogP contribution in [0.5, 0.6) is 0 Å². The number of amides is 1. The molecule has 0 aromatic heterocycles. The Morgan fingerprint density at radius 1 is 1.39 bits per heavy atom. The number of hydrazine groups is 1. The van der Waals surface area contributed by atoms with Crippen LogP contribution in [0, 0.1) is 0 Å². The van der Waals surface area contributed by atoms with Crippen molar-refractivity contribution in [2.24, 2.45) is 0 Å². The van der Waals surface area contributed by atoms with Crippen molar-refractivity contribution in [1.29, 1.82) is 0 Å². The van der Waals surface area contributed by atoms with Gasteiger partial charge in [0.25, 0.3) is 5.91 Å². The van der Waals surface area contributed by atoms with E-state index in [9.17, 15) is 9.90 Å². The number of hydrogen-bond acceptors (Lipinski definition) is 3. The van der Waals surface area contributed by atoms with Crippen molar-refractivity contribution < 1.29 is 9.90 Å². The predicted molar refractivity (Wildman–Crippen MR) is 73.5 cm³/mol. The number of hydrogen-bond donors (Lipinski definition) is 4. The van der Waals surface area contributed by atoms with E-state index in [4.69, 9.17) is 12.2 Å². The number of carbonyl (C=O) groups is 1. The van der Waals surface area contributed by atoms with E-state index in [1.807, 2.05) is 0 Å². The van der Waals surface area contributed by atoms with Crippen molar-refractivity contribution >= 4 is 23.2 Å². The SMILES string of the molecule is C=CCNC(=S)NNC(=O)[C@H](O)c1ccccc1. The van der Waals surface area contributed by atoms with E-state index in [1.165, 1.54) is 0 Å². The Labute approximate surface area is 111 Å². The fraction of sp³-hybridized carbons (Fsp3) is 0.167. The lowest BCUT2D eigenvalue weighted by molar-refractivity contribution is -0.130. The molecule has 4 N–H and O–H groups in total. The van der Waals surface area contributed by atoms with Gasteiger partial charge in [-0.2, -0.15) is 0 Å². The van der Waals surface area contributed by atoms with Gasteiger partial charge in [0.1, 0.15) is 0 Å². The number of benzene rings is 1. The minimum absolute atomic E-state index is 0.253. The van der Waals surface area contributed by atoms with Gasteiger partial charge in [-0.3, -0.25) is 15.6 Å². The van der Waals surface area contributed by atoms with Crippen LogP contribution in [0.3, 0.4) is 0 Å². The zero-order valence-electron chi connectivity index (χ0n) is 9.72. The van der Waals surface area contributed by atoms with Gasteiger partial charge < -0.3 is 10.4 Å². The molecule has 0 bridgehead atoms. The van der Waals surface area contributed by atoms with Crippen molar-refractivity contribution in [3.8, 4) is 0 Å². The fourth-order valence-electron chi connectivity index (χ4n) is 1.18. The van der Waals surface area contributed by atoms with Gasteiger partial charge in [0, 0.05) is 6.54 Å². The summed E-state index contributed by atoms with van der Waals surface area (Å²) in [6.07, 6.45) is 0.398. The Balaban J connectivity index is 2.41. The van der Waals surface area contributed by atoms with Crippen LogP contribution in [0.2, 0.25) is 0 Å². The number of aliphatic hydroxyl groups is 1. The van der Waals surface area contributed by atoms with Gasteiger partial charge >= 0.3 is 0 Å². The smallest absolute Gasteiger partial charge is 0.271 e. The Hall–Kier alpha value is -1.92. The molecular formula is C12H15N3O2S. The molecule has 18 heavy (non-hydrogen) atoms. The first-order valence-electron chi connectivity index (χ1n) is 5.32. The van der Waals surface area contributed by atoms with Gasteiger partial charge in [0.15, 0.2) is 11.2 Å². The molecule has 0 aliphatic rings. The first kappa shape index (κ1) is 14.1. The van der Waals surface area contributed by atoms with Crippen molar-refractivity contribution in [1.82, 2.24) is 16.2 Å². The minimum atomic E-state index is -1.24. The van der Waals surface area contributed by atoms with Gasteiger partial charge in [-0.05, 0) is 17.8 Å². The summed E-state index contributed by atoms with van der Waals surface area (Å²) in [5.41, 5.74) is 5.31. The van der Waals surface area contributed by atoms with Gasteiger partial charge in [-0.15, -0.1) is 6.58 Å². The molecule has 1 atom stereocenters. The Kier molecular flexibility index (Phi) is 5.83. The maximum atomic E-state index is 11.6. The zero-order chi connectivity index (χ0) is 13.4. The van der Waals surface area contributed by atoms with Crippen molar-refractivity contribution in [2.45, 2.75) is 6.10 Å². The highest BCUT2D eigenvalue weighted by molar-refractivity contribution is 7.80. The molecule has 0 radical (unpaired) electrons. The molecule has 1 rings (SSSR count). The molecule has 1 aromatic rings. The summed E-state index contributed by atoms with van der Waals surface area (Å²) >= 11 is 4.87. The number of nitrogens with one attached hydrogen (secondary N) is 3. The molecule has 0 unspecified atom stereocenters. The molecule has 0 fully saturated rings. The van der Waals surface area contributed by atoms with E-state index in [2.05, 4.69) is 22.7 Å². The summed E-state index contributed by atoms with van der Waals surface area (Å²) < 4.78 is 0. The fourth-order valence-corrected chi connectivity index (χ4v) is 1.32. The normalized spacial score (nSPS) is 11.2. The first-order valence-corrected chi connectivity index (χ1v) is 5.73.